The molecule has 3 N–H and O–H groups in total. The zero-order valence-corrected chi connectivity index (χ0v) is 8.03. The smallest absolute Gasteiger partial charge is 0.317 e. The fourth-order valence-corrected chi connectivity index (χ4v) is 0.656. The summed E-state index contributed by atoms with van der Waals surface area (Å²) in [6.45, 7) is 0. The molecule has 0 aliphatic heterocycles. The van der Waals surface area contributed by atoms with E-state index in [1.54, 1.807) is 24.3 Å². The molecule has 74 valence electrons. The summed E-state index contributed by atoms with van der Waals surface area (Å²) in [5, 5.41) is 16.0. The van der Waals surface area contributed by atoms with Crippen LogP contribution in [0.1, 0.15) is 6.42 Å². The summed E-state index contributed by atoms with van der Waals surface area (Å²) in [5.41, 5.74) is 6.11. The molecule has 0 amide bonds. The van der Waals surface area contributed by atoms with Crippen LogP contribution in [0.2, 0.25) is 5.02 Å². The van der Waals surface area contributed by atoms with Crippen LogP contribution in [0.3, 0.4) is 0 Å². The number of halogens is 1. The first kappa shape index (κ1) is 12.3. The van der Waals surface area contributed by atoms with Crippen LogP contribution in [0.15, 0.2) is 24.3 Å². The van der Waals surface area contributed by atoms with E-state index in [1.807, 2.05) is 0 Å². The maximum absolute atomic E-state index is 9.38. The normalized spacial score (nSPS) is 8.00. The Morgan fingerprint density at radius 3 is 2.21 bits per heavy atom. The lowest BCUT2D eigenvalue weighted by Gasteiger charge is -1.88. The van der Waals surface area contributed by atoms with Crippen LogP contribution >= 0.6 is 11.6 Å². The van der Waals surface area contributed by atoms with Crippen molar-refractivity contribution in [2.45, 2.75) is 6.42 Å². The highest BCUT2D eigenvalue weighted by Crippen LogP contribution is 2.09. The van der Waals surface area contributed by atoms with Gasteiger partial charge in [-0.2, -0.15) is 5.26 Å². The minimum Gasteiger partial charge on any atom is -0.480 e. The van der Waals surface area contributed by atoms with Crippen LogP contribution in [-0.2, 0) is 4.79 Å². The van der Waals surface area contributed by atoms with Crippen LogP contribution in [0.4, 0.5) is 5.69 Å². The molecule has 1 rings (SSSR count). The molecule has 0 aromatic heterocycles. The maximum Gasteiger partial charge on any atom is 0.317 e. The molecule has 5 heteroatoms. The largest absolute Gasteiger partial charge is 0.480 e. The highest BCUT2D eigenvalue weighted by molar-refractivity contribution is 6.30. The lowest BCUT2D eigenvalue weighted by Crippen LogP contribution is -1.88. The third-order valence-electron chi connectivity index (χ3n) is 1.10. The van der Waals surface area contributed by atoms with E-state index in [1.165, 1.54) is 6.07 Å². The van der Waals surface area contributed by atoms with Crippen molar-refractivity contribution in [2.24, 2.45) is 0 Å². The molecule has 0 spiro atoms. The molecular weight excluding hydrogens is 204 g/mol. The maximum atomic E-state index is 9.38. The SMILES string of the molecule is N#CCC(=O)O.Nc1ccc(Cl)cc1. The Morgan fingerprint density at radius 1 is 1.50 bits per heavy atom. The van der Waals surface area contributed by atoms with E-state index in [4.69, 9.17) is 27.7 Å². The van der Waals surface area contributed by atoms with Gasteiger partial charge in [0.15, 0.2) is 0 Å². The minimum atomic E-state index is -1.07. The number of nitrogen functional groups attached to an aromatic ring is 1. The zero-order chi connectivity index (χ0) is 11.0. The van der Waals surface area contributed by atoms with Crippen molar-refractivity contribution < 1.29 is 9.90 Å². The van der Waals surface area contributed by atoms with Gasteiger partial charge in [0.2, 0.25) is 0 Å². The van der Waals surface area contributed by atoms with Gasteiger partial charge < -0.3 is 10.8 Å². The van der Waals surface area contributed by atoms with Gasteiger partial charge in [0.25, 0.3) is 0 Å². The Bertz CT molecular complexity index is 309. The van der Waals surface area contributed by atoms with Crippen LogP contribution in [-0.4, -0.2) is 11.1 Å². The van der Waals surface area contributed by atoms with Crippen molar-refractivity contribution in [3.8, 4) is 6.07 Å². The number of hydrogen-bond donors (Lipinski definition) is 2. The summed E-state index contributed by atoms with van der Waals surface area (Å²) < 4.78 is 0. The number of benzene rings is 1. The lowest BCUT2D eigenvalue weighted by atomic mass is 10.3. The molecular formula is C9H9ClN2O2. The Morgan fingerprint density at radius 2 is 2.00 bits per heavy atom. The molecule has 0 radical (unpaired) electrons. The van der Waals surface area contributed by atoms with Gasteiger partial charge in [-0.3, -0.25) is 4.79 Å². The van der Waals surface area contributed by atoms with Crippen LogP contribution < -0.4 is 5.73 Å². The number of carboxylic acid groups (broad SMARTS) is 1. The molecule has 0 bridgehead atoms. The molecule has 0 fully saturated rings. The van der Waals surface area contributed by atoms with Gasteiger partial charge in [0, 0.05) is 10.7 Å². The summed E-state index contributed by atoms with van der Waals surface area (Å²) in [7, 11) is 0. The fraction of sp³-hybridized carbons (Fsp3) is 0.111. The average molecular weight is 213 g/mol. The molecule has 0 atom stereocenters. The van der Waals surface area contributed by atoms with Gasteiger partial charge in [-0.15, -0.1) is 0 Å². The molecule has 1 aromatic carbocycles. The first-order chi connectivity index (χ1) is 6.56. The van der Waals surface area contributed by atoms with E-state index < -0.39 is 12.4 Å². The lowest BCUT2D eigenvalue weighted by molar-refractivity contribution is -0.135. The van der Waals surface area contributed by atoms with Crippen molar-refractivity contribution in [1.29, 1.82) is 5.26 Å². The second kappa shape index (κ2) is 6.75. The number of nitriles is 1. The molecule has 1 aromatic rings. The van der Waals surface area contributed by atoms with Gasteiger partial charge >= 0.3 is 5.97 Å². The number of nitrogens with zero attached hydrogens (tertiary/aromatic N) is 1. The molecule has 0 unspecified atom stereocenters. The number of rotatable bonds is 1. The molecule has 0 aliphatic rings. The summed E-state index contributed by atoms with van der Waals surface area (Å²) in [4.78, 5) is 9.38. The zero-order valence-electron chi connectivity index (χ0n) is 7.27. The predicted octanol–water partition coefficient (Wildman–Crippen LogP) is 1.91. The van der Waals surface area contributed by atoms with Crippen molar-refractivity contribution in [3.63, 3.8) is 0 Å². The standard InChI is InChI=1S/C6H6ClN.C3H3NO2/c7-5-1-3-6(8)4-2-5;4-2-1-3(5)6/h1-4H,8H2;1H2,(H,5,6). The van der Waals surface area contributed by atoms with Crippen molar-refractivity contribution in [1.82, 2.24) is 0 Å². The summed E-state index contributed by atoms with van der Waals surface area (Å²) in [6.07, 6.45) is -0.403. The van der Waals surface area contributed by atoms with E-state index in [2.05, 4.69) is 0 Å². The van der Waals surface area contributed by atoms with E-state index in [0.29, 0.717) is 0 Å². The van der Waals surface area contributed by atoms with Crippen LogP contribution in [0, 0.1) is 11.3 Å². The van der Waals surface area contributed by atoms with Gasteiger partial charge in [-0.05, 0) is 24.3 Å². The fourth-order valence-electron chi connectivity index (χ4n) is 0.530. The van der Waals surface area contributed by atoms with Crippen LogP contribution in [0.5, 0.6) is 0 Å². The van der Waals surface area contributed by atoms with Crippen molar-refractivity contribution in [2.75, 3.05) is 5.73 Å². The summed E-state index contributed by atoms with van der Waals surface area (Å²) in [5.74, 6) is -1.07. The molecule has 0 heterocycles. The van der Waals surface area contributed by atoms with Gasteiger partial charge in [0.05, 0.1) is 6.07 Å². The predicted molar refractivity (Wildman–Crippen MR) is 53.7 cm³/mol. The van der Waals surface area contributed by atoms with E-state index in [9.17, 15) is 4.79 Å². The molecule has 0 aliphatic carbocycles. The highest BCUT2D eigenvalue weighted by Gasteiger charge is 1.87. The van der Waals surface area contributed by atoms with E-state index >= 15 is 0 Å². The second-order valence-corrected chi connectivity index (χ2v) is 2.72. The van der Waals surface area contributed by atoms with E-state index in [-0.39, 0.29) is 0 Å². The highest BCUT2D eigenvalue weighted by atomic mass is 35.5. The molecule has 0 saturated heterocycles. The third-order valence-corrected chi connectivity index (χ3v) is 1.35. The summed E-state index contributed by atoms with van der Waals surface area (Å²) in [6, 6.07) is 8.52. The van der Waals surface area contributed by atoms with Crippen LogP contribution in [0.25, 0.3) is 0 Å². The topological polar surface area (TPSA) is 87.1 Å². The summed E-state index contributed by atoms with van der Waals surface area (Å²) >= 11 is 5.56. The third kappa shape index (κ3) is 6.95. The number of nitrogens with two attached hydrogens (primary N) is 1. The minimum absolute atomic E-state index is 0.403. The Balaban J connectivity index is 0.000000255. The van der Waals surface area contributed by atoms with Gasteiger partial charge in [0.1, 0.15) is 6.42 Å². The number of carbonyl (C=O) groups is 1. The number of anilines is 1. The number of hydrogen-bond acceptors (Lipinski definition) is 3. The first-order valence-corrected chi connectivity index (χ1v) is 4.04. The van der Waals surface area contributed by atoms with Crippen molar-refractivity contribution in [3.05, 3.63) is 29.3 Å². The second-order valence-electron chi connectivity index (χ2n) is 2.28. The van der Waals surface area contributed by atoms with Gasteiger partial charge in [-0.25, -0.2) is 0 Å². The van der Waals surface area contributed by atoms with E-state index in [0.717, 1.165) is 10.7 Å². The molecule has 0 saturated carbocycles. The Labute approximate surface area is 86.5 Å². The Hall–Kier alpha value is -1.73. The number of carboxylic acids is 1. The van der Waals surface area contributed by atoms with Gasteiger partial charge in [-0.1, -0.05) is 11.6 Å². The number of aliphatic carboxylic acids is 1. The first-order valence-electron chi connectivity index (χ1n) is 3.66. The molecule has 4 nitrogen and oxygen atoms in total. The Kier molecular flexibility index (Phi) is 5.92. The average Bonchev–Trinajstić information content (AvgIpc) is 2.11. The monoisotopic (exact) mass is 212 g/mol. The molecule has 14 heavy (non-hydrogen) atoms. The quantitative estimate of drug-likeness (QED) is 0.696. The van der Waals surface area contributed by atoms with Crippen molar-refractivity contribution >= 4 is 23.3 Å².